The highest BCUT2D eigenvalue weighted by Gasteiger charge is 2.52. The average molecular weight is 421 g/mol. The van der Waals surface area contributed by atoms with Gasteiger partial charge in [-0.25, -0.2) is 14.2 Å². The molecule has 3 rings (SSSR count). The Morgan fingerprint density at radius 1 is 1.07 bits per heavy atom. The third-order valence-electron chi connectivity index (χ3n) is 4.82. The Kier molecular flexibility index (Phi) is 5.11. The number of carbonyl (C=O) groups is 2. The lowest BCUT2D eigenvalue weighted by molar-refractivity contribution is -0.543. The second kappa shape index (κ2) is 7.29. The van der Waals surface area contributed by atoms with E-state index in [9.17, 15) is 29.4 Å². The SMILES string of the molecule is CC(O)C[N+]1=C(N=Nc2c(O)n(C)c(=O)n(C)c2=O)N=C2C1C(=O)N(C)C(=O)N2C. The molecule has 0 bridgehead atoms. The summed E-state index contributed by atoms with van der Waals surface area (Å²) in [7, 11) is 5.23. The van der Waals surface area contributed by atoms with Gasteiger partial charge in [0.25, 0.3) is 11.5 Å². The Labute approximate surface area is 169 Å². The highest BCUT2D eigenvalue weighted by atomic mass is 16.3. The molecule has 0 radical (unpaired) electrons. The predicted octanol–water partition coefficient (Wildman–Crippen LogP) is -2.07. The lowest BCUT2D eigenvalue weighted by atomic mass is 10.1. The normalized spacial score (nSPS) is 20.3. The summed E-state index contributed by atoms with van der Waals surface area (Å²) < 4.78 is 2.91. The summed E-state index contributed by atoms with van der Waals surface area (Å²) in [5, 5.41) is 27.6. The van der Waals surface area contributed by atoms with Gasteiger partial charge in [0, 0.05) is 33.3 Å². The Hall–Kier alpha value is -3.68. The number of aromatic nitrogens is 2. The fraction of sp³-hybridized carbons (Fsp3) is 0.500. The largest absolute Gasteiger partial charge is 0.493 e. The zero-order chi connectivity index (χ0) is 22.5. The molecule has 1 saturated heterocycles. The van der Waals surface area contributed by atoms with E-state index in [1.165, 1.54) is 44.6 Å². The molecule has 0 spiro atoms. The molecule has 14 nitrogen and oxygen atoms in total. The summed E-state index contributed by atoms with van der Waals surface area (Å²) >= 11 is 0. The van der Waals surface area contributed by atoms with E-state index >= 15 is 0 Å². The van der Waals surface area contributed by atoms with E-state index in [0.717, 1.165) is 14.0 Å². The first kappa shape index (κ1) is 21.0. The minimum atomic E-state index is -1.02. The van der Waals surface area contributed by atoms with Gasteiger partial charge >= 0.3 is 17.7 Å². The molecule has 14 heteroatoms. The van der Waals surface area contributed by atoms with Crippen molar-refractivity contribution in [2.45, 2.75) is 19.1 Å². The first-order valence-corrected chi connectivity index (χ1v) is 8.83. The molecule has 3 heterocycles. The van der Waals surface area contributed by atoms with Crippen molar-refractivity contribution >= 4 is 29.4 Å². The highest BCUT2D eigenvalue weighted by molar-refractivity contribution is 6.22. The Morgan fingerprint density at radius 3 is 2.30 bits per heavy atom. The lowest BCUT2D eigenvalue weighted by Crippen LogP contribution is -2.61. The number of azo groups is 1. The third kappa shape index (κ3) is 3.10. The van der Waals surface area contributed by atoms with Crippen LogP contribution >= 0.6 is 0 Å². The summed E-state index contributed by atoms with van der Waals surface area (Å²) in [6.07, 6.45) is -0.885. The molecule has 2 aliphatic heterocycles. The van der Waals surface area contributed by atoms with Crippen LogP contribution in [0.3, 0.4) is 0 Å². The van der Waals surface area contributed by atoms with Crippen molar-refractivity contribution in [3.63, 3.8) is 0 Å². The number of hydrogen-bond acceptors (Lipinski definition) is 9. The van der Waals surface area contributed by atoms with Crippen molar-refractivity contribution < 1.29 is 24.4 Å². The first-order chi connectivity index (χ1) is 14.0. The van der Waals surface area contributed by atoms with E-state index in [4.69, 9.17) is 0 Å². The number of rotatable bonds is 3. The Balaban J connectivity index is 2.15. The van der Waals surface area contributed by atoms with Crippen LogP contribution in [-0.4, -0.2) is 90.2 Å². The molecule has 2 N–H and O–H groups in total. The van der Waals surface area contributed by atoms with Crippen LogP contribution in [0.5, 0.6) is 5.88 Å². The van der Waals surface area contributed by atoms with Crippen LogP contribution in [0, 0.1) is 0 Å². The van der Waals surface area contributed by atoms with Gasteiger partial charge in [-0.15, -0.1) is 0 Å². The van der Waals surface area contributed by atoms with Crippen molar-refractivity contribution in [2.75, 3.05) is 20.6 Å². The monoisotopic (exact) mass is 421 g/mol. The number of amidine groups is 1. The fourth-order valence-corrected chi connectivity index (χ4v) is 3.14. The topological polar surface area (TPSA) is 165 Å². The van der Waals surface area contributed by atoms with Gasteiger partial charge in [-0.2, -0.15) is 0 Å². The van der Waals surface area contributed by atoms with Gasteiger partial charge in [-0.05, 0) is 11.9 Å². The molecular formula is C16H21N8O6+. The Bertz CT molecular complexity index is 1160. The predicted molar refractivity (Wildman–Crippen MR) is 102 cm³/mol. The second-order valence-electron chi connectivity index (χ2n) is 6.99. The zero-order valence-electron chi connectivity index (χ0n) is 17.0. The van der Waals surface area contributed by atoms with Crippen molar-refractivity contribution in [3.05, 3.63) is 20.8 Å². The number of aliphatic hydroxyl groups excluding tert-OH is 1. The molecule has 1 aromatic heterocycles. The van der Waals surface area contributed by atoms with Gasteiger partial charge in [-0.3, -0.25) is 28.5 Å². The van der Waals surface area contributed by atoms with Crippen molar-refractivity contribution in [1.82, 2.24) is 18.9 Å². The standard InChI is InChI=1S/C16H20N8O6/c1-7(25)6-24-9-10(20(2)15(29)23(5)13(9)28)17-14(24)19-18-8-11(26)21(3)16(30)22(4)12(8)27/h7,9,25H,6H2,1-5H3/p+1. The molecule has 2 aliphatic rings. The van der Waals surface area contributed by atoms with E-state index in [2.05, 4.69) is 15.2 Å². The van der Waals surface area contributed by atoms with Gasteiger partial charge in [0.1, 0.15) is 0 Å². The maximum atomic E-state index is 12.7. The second-order valence-corrected chi connectivity index (χ2v) is 6.99. The maximum Gasteiger partial charge on any atom is 0.453 e. The summed E-state index contributed by atoms with van der Waals surface area (Å²) in [4.78, 5) is 55.3. The van der Waals surface area contributed by atoms with E-state index in [1.807, 2.05) is 0 Å². The van der Waals surface area contributed by atoms with E-state index in [1.54, 1.807) is 0 Å². The number of urea groups is 1. The molecule has 30 heavy (non-hydrogen) atoms. The molecule has 1 aromatic rings. The average Bonchev–Trinajstić information content (AvgIpc) is 3.05. The number of aromatic hydroxyl groups is 1. The summed E-state index contributed by atoms with van der Waals surface area (Å²) in [6, 6.07) is -1.60. The van der Waals surface area contributed by atoms with Gasteiger partial charge in [-0.1, -0.05) is 5.11 Å². The maximum absolute atomic E-state index is 12.7. The summed E-state index contributed by atoms with van der Waals surface area (Å²) in [6.45, 7) is 1.43. The first-order valence-electron chi connectivity index (χ1n) is 8.83. The van der Waals surface area contributed by atoms with Crippen LogP contribution in [0.15, 0.2) is 24.8 Å². The number of hydrogen-bond donors (Lipinski definition) is 2. The van der Waals surface area contributed by atoms with E-state index < -0.39 is 46.9 Å². The smallest absolute Gasteiger partial charge is 0.453 e. The highest BCUT2D eigenvalue weighted by Crippen LogP contribution is 2.22. The van der Waals surface area contributed by atoms with Gasteiger partial charge in [0.05, 0.1) is 12.6 Å². The molecule has 160 valence electrons. The molecule has 3 amide bonds. The van der Waals surface area contributed by atoms with Gasteiger partial charge in [0.2, 0.25) is 23.4 Å². The minimum absolute atomic E-state index is 0.0646. The van der Waals surface area contributed by atoms with Crippen LogP contribution in [0.4, 0.5) is 10.5 Å². The van der Waals surface area contributed by atoms with Crippen molar-refractivity contribution in [3.8, 4) is 5.88 Å². The molecule has 0 aromatic carbocycles. The van der Waals surface area contributed by atoms with Gasteiger partial charge < -0.3 is 10.2 Å². The molecule has 2 unspecified atom stereocenters. The number of carbonyl (C=O) groups excluding carboxylic acids is 2. The summed E-state index contributed by atoms with van der Waals surface area (Å²) in [5.41, 5.74) is -2.14. The Morgan fingerprint density at radius 2 is 1.70 bits per heavy atom. The van der Waals surface area contributed by atoms with E-state index in [0.29, 0.717) is 0 Å². The van der Waals surface area contributed by atoms with Crippen LogP contribution in [0.25, 0.3) is 0 Å². The number of β-amino-alcohol motifs (C(OH)–C–C–N with tert-alkyl or cyclic N) is 1. The molecule has 1 fully saturated rings. The molecule has 0 saturated carbocycles. The summed E-state index contributed by atoms with van der Waals surface area (Å²) in [5.74, 6) is -1.31. The number of nitrogens with zero attached hydrogens (tertiary/aromatic N) is 8. The zero-order valence-corrected chi connectivity index (χ0v) is 17.0. The number of guanidine groups is 1. The van der Waals surface area contributed by atoms with Gasteiger partial charge in [0.15, 0.2) is 0 Å². The van der Waals surface area contributed by atoms with Crippen LogP contribution < -0.4 is 11.2 Å². The van der Waals surface area contributed by atoms with E-state index in [-0.39, 0.29) is 18.3 Å². The van der Waals surface area contributed by atoms with Crippen LogP contribution in [-0.2, 0) is 18.9 Å². The lowest BCUT2D eigenvalue weighted by Gasteiger charge is -2.31. The van der Waals surface area contributed by atoms with Crippen LogP contribution in [0.2, 0.25) is 0 Å². The van der Waals surface area contributed by atoms with Crippen molar-refractivity contribution in [1.29, 1.82) is 0 Å². The number of likely N-dealkylation sites (N-methyl/N-ethyl adjacent to an activating group) is 2. The molecular weight excluding hydrogens is 400 g/mol. The number of aliphatic hydroxyl groups is 1. The van der Waals surface area contributed by atoms with Crippen molar-refractivity contribution in [2.24, 2.45) is 29.3 Å². The molecule has 0 aliphatic carbocycles. The number of imide groups is 1. The number of aliphatic imine (C=N–C) groups is 1. The quantitative estimate of drug-likeness (QED) is 0.420. The number of amides is 3. The fourth-order valence-electron chi connectivity index (χ4n) is 3.14. The number of fused-ring (bicyclic) bond motifs is 1. The molecule has 2 atom stereocenters. The minimum Gasteiger partial charge on any atom is -0.493 e. The van der Waals surface area contributed by atoms with Crippen LogP contribution in [0.1, 0.15) is 6.92 Å². The third-order valence-corrected chi connectivity index (χ3v) is 4.82.